The molecule has 0 saturated heterocycles. The number of nitrogens with zero attached hydrogens (tertiary/aromatic N) is 2. The van der Waals surface area contributed by atoms with E-state index < -0.39 is 10.0 Å². The van der Waals surface area contributed by atoms with E-state index in [1.807, 2.05) is 0 Å². The third-order valence-corrected chi connectivity index (χ3v) is 4.37. The number of fused-ring (bicyclic) bond motifs is 1. The molecule has 1 aromatic rings. The summed E-state index contributed by atoms with van der Waals surface area (Å²) in [4.78, 5) is 15.4. The Morgan fingerprint density at radius 1 is 1.20 bits per heavy atom. The molecular weight excluding hydrogens is 278 g/mol. The zero-order valence-corrected chi connectivity index (χ0v) is 12.5. The molecule has 1 heterocycles. The first kappa shape index (κ1) is 14.8. The number of primary sulfonamides is 1. The van der Waals surface area contributed by atoms with Gasteiger partial charge < -0.3 is 9.80 Å². The monoisotopic (exact) mass is 297 g/mol. The summed E-state index contributed by atoms with van der Waals surface area (Å²) in [7, 11) is -0.237. The predicted octanol–water partition coefficient (Wildman–Crippen LogP) is 0.416. The fourth-order valence-corrected chi connectivity index (χ4v) is 2.92. The third-order valence-electron chi connectivity index (χ3n) is 3.46. The van der Waals surface area contributed by atoms with Crippen LogP contribution in [0.15, 0.2) is 23.1 Å². The number of nitrogens with two attached hydrogens (primary N) is 1. The molecule has 0 radical (unpaired) electrons. The summed E-state index contributed by atoms with van der Waals surface area (Å²) in [5.41, 5.74) is 2.03. The molecule has 0 atom stereocenters. The van der Waals surface area contributed by atoms with Crippen LogP contribution in [0, 0.1) is 0 Å². The Morgan fingerprint density at radius 2 is 1.80 bits per heavy atom. The zero-order chi connectivity index (χ0) is 14.9. The number of amides is 2. The highest BCUT2D eigenvalue weighted by atomic mass is 32.2. The minimum Gasteiger partial charge on any atom is -0.331 e. The first-order valence-electron chi connectivity index (χ1n) is 6.40. The van der Waals surface area contributed by atoms with E-state index in [-0.39, 0.29) is 10.9 Å². The Morgan fingerprint density at radius 3 is 2.35 bits per heavy atom. The third kappa shape index (κ3) is 3.10. The van der Waals surface area contributed by atoms with Gasteiger partial charge in [0.1, 0.15) is 0 Å². The largest absolute Gasteiger partial charge is 0.331 e. The minimum absolute atomic E-state index is 0.0236. The normalized spacial score (nSPS) is 15.4. The molecule has 7 heteroatoms. The molecule has 1 aliphatic rings. The molecule has 0 aromatic heterocycles. The van der Waals surface area contributed by atoms with Crippen LogP contribution in [0.4, 0.5) is 4.79 Å². The number of hydrogen-bond donors (Lipinski definition) is 1. The summed E-state index contributed by atoms with van der Waals surface area (Å²) >= 11 is 0. The predicted molar refractivity (Wildman–Crippen MR) is 75.9 cm³/mol. The second-order valence-electron chi connectivity index (χ2n) is 5.14. The first-order valence-corrected chi connectivity index (χ1v) is 7.94. The van der Waals surface area contributed by atoms with Gasteiger partial charge >= 0.3 is 6.03 Å². The Hall–Kier alpha value is -1.60. The fraction of sp³-hybridized carbons (Fsp3) is 0.462. The van der Waals surface area contributed by atoms with E-state index in [1.165, 1.54) is 6.07 Å². The second-order valence-corrected chi connectivity index (χ2v) is 6.70. The summed E-state index contributed by atoms with van der Waals surface area (Å²) in [6, 6.07) is 4.91. The van der Waals surface area contributed by atoms with Gasteiger partial charge in [0.25, 0.3) is 0 Å². The number of carbonyl (C=O) groups excluding carboxylic acids is 1. The highest BCUT2D eigenvalue weighted by Gasteiger charge is 2.20. The molecule has 2 amide bonds. The van der Waals surface area contributed by atoms with Crippen LogP contribution in [-0.2, 0) is 22.9 Å². The van der Waals surface area contributed by atoms with Crippen molar-refractivity contribution in [3.05, 3.63) is 29.3 Å². The SMILES string of the molecule is CN(C)C(=O)N1CCc2ccc(S(N)(=O)=O)cc2CC1. The molecule has 1 aromatic carbocycles. The topological polar surface area (TPSA) is 83.7 Å². The number of sulfonamides is 1. The van der Waals surface area contributed by atoms with Crippen molar-refractivity contribution in [2.45, 2.75) is 17.7 Å². The van der Waals surface area contributed by atoms with Crippen LogP contribution < -0.4 is 5.14 Å². The van der Waals surface area contributed by atoms with Gasteiger partial charge in [-0.1, -0.05) is 6.07 Å². The molecule has 20 heavy (non-hydrogen) atoms. The van der Waals surface area contributed by atoms with Gasteiger partial charge in [0.15, 0.2) is 0 Å². The highest BCUT2D eigenvalue weighted by molar-refractivity contribution is 7.89. The summed E-state index contributed by atoms with van der Waals surface area (Å²) in [5, 5.41) is 5.15. The van der Waals surface area contributed by atoms with Crippen LogP contribution in [0.5, 0.6) is 0 Å². The van der Waals surface area contributed by atoms with E-state index in [0.717, 1.165) is 17.5 Å². The smallest absolute Gasteiger partial charge is 0.319 e. The van der Waals surface area contributed by atoms with Crippen molar-refractivity contribution in [2.75, 3.05) is 27.2 Å². The van der Waals surface area contributed by atoms with E-state index >= 15 is 0 Å². The van der Waals surface area contributed by atoms with E-state index in [0.29, 0.717) is 19.5 Å². The van der Waals surface area contributed by atoms with Crippen LogP contribution in [0.25, 0.3) is 0 Å². The maximum absolute atomic E-state index is 12.0. The molecule has 1 aliphatic heterocycles. The molecule has 6 nitrogen and oxygen atoms in total. The lowest BCUT2D eigenvalue weighted by molar-refractivity contribution is 0.173. The van der Waals surface area contributed by atoms with Crippen molar-refractivity contribution < 1.29 is 13.2 Å². The summed E-state index contributed by atoms with van der Waals surface area (Å²) in [6.07, 6.45) is 1.36. The lowest BCUT2D eigenvalue weighted by Gasteiger charge is -2.24. The Balaban J connectivity index is 2.24. The van der Waals surface area contributed by atoms with Gasteiger partial charge in [-0.2, -0.15) is 0 Å². The average molecular weight is 297 g/mol. The van der Waals surface area contributed by atoms with E-state index in [4.69, 9.17) is 5.14 Å². The Kier molecular flexibility index (Phi) is 4.01. The number of urea groups is 1. The molecule has 2 N–H and O–H groups in total. The van der Waals surface area contributed by atoms with Crippen molar-refractivity contribution >= 4 is 16.1 Å². The Bertz CT molecular complexity index is 626. The van der Waals surface area contributed by atoms with Gasteiger partial charge in [0.05, 0.1) is 4.90 Å². The molecule has 0 bridgehead atoms. The van der Waals surface area contributed by atoms with Crippen molar-refractivity contribution in [3.63, 3.8) is 0 Å². The van der Waals surface area contributed by atoms with Crippen molar-refractivity contribution in [2.24, 2.45) is 5.14 Å². The molecule has 0 spiro atoms. The van der Waals surface area contributed by atoms with E-state index in [2.05, 4.69) is 0 Å². The van der Waals surface area contributed by atoms with Crippen LogP contribution in [0.2, 0.25) is 0 Å². The molecular formula is C13H19N3O3S. The molecule has 2 rings (SSSR count). The molecule has 0 fully saturated rings. The number of hydrogen-bond acceptors (Lipinski definition) is 3. The molecule has 0 saturated carbocycles. The van der Waals surface area contributed by atoms with Crippen LogP contribution in [0.3, 0.4) is 0 Å². The minimum atomic E-state index is -3.68. The molecule has 110 valence electrons. The summed E-state index contributed by atoms with van der Waals surface area (Å²) < 4.78 is 22.7. The number of benzene rings is 1. The van der Waals surface area contributed by atoms with Crippen molar-refractivity contribution in [1.29, 1.82) is 0 Å². The standard InChI is InChI=1S/C13H19N3O3S/c1-15(2)13(17)16-7-5-10-3-4-12(20(14,18)19)9-11(10)6-8-16/h3-4,9H,5-8H2,1-2H3,(H2,14,18,19). The zero-order valence-electron chi connectivity index (χ0n) is 11.7. The first-order chi connectivity index (χ1) is 9.29. The fourth-order valence-electron chi connectivity index (χ4n) is 2.35. The summed E-state index contributed by atoms with van der Waals surface area (Å²) in [6.45, 7) is 1.22. The van der Waals surface area contributed by atoms with Gasteiger partial charge in [-0.15, -0.1) is 0 Å². The van der Waals surface area contributed by atoms with Crippen LogP contribution in [0.1, 0.15) is 11.1 Å². The van der Waals surface area contributed by atoms with Gasteiger partial charge in [-0.25, -0.2) is 18.4 Å². The summed E-state index contributed by atoms with van der Waals surface area (Å²) in [5.74, 6) is 0. The van der Waals surface area contributed by atoms with E-state index in [9.17, 15) is 13.2 Å². The average Bonchev–Trinajstić information content (AvgIpc) is 2.58. The van der Waals surface area contributed by atoms with Crippen molar-refractivity contribution in [1.82, 2.24) is 9.80 Å². The lowest BCUT2D eigenvalue weighted by Crippen LogP contribution is -2.40. The van der Waals surface area contributed by atoms with Crippen molar-refractivity contribution in [3.8, 4) is 0 Å². The molecule has 0 unspecified atom stereocenters. The van der Waals surface area contributed by atoms with Gasteiger partial charge in [0.2, 0.25) is 10.0 Å². The van der Waals surface area contributed by atoms with Gasteiger partial charge in [-0.3, -0.25) is 0 Å². The molecule has 0 aliphatic carbocycles. The number of carbonyl (C=O) groups is 1. The number of rotatable bonds is 1. The quantitative estimate of drug-likeness (QED) is 0.815. The maximum atomic E-state index is 12.0. The maximum Gasteiger partial charge on any atom is 0.319 e. The second kappa shape index (κ2) is 5.41. The van der Waals surface area contributed by atoms with E-state index in [1.54, 1.807) is 36.0 Å². The lowest BCUT2D eigenvalue weighted by atomic mass is 10.0. The van der Waals surface area contributed by atoms with Gasteiger partial charge in [-0.05, 0) is 36.1 Å². The van der Waals surface area contributed by atoms with Gasteiger partial charge in [0, 0.05) is 27.2 Å². The van der Waals surface area contributed by atoms with Crippen LogP contribution in [-0.4, -0.2) is 51.4 Å². The van der Waals surface area contributed by atoms with Crippen LogP contribution >= 0.6 is 0 Å². The highest BCUT2D eigenvalue weighted by Crippen LogP contribution is 2.20. The Labute approximate surface area is 119 Å².